The lowest BCUT2D eigenvalue weighted by Crippen LogP contribution is -2.36. The first-order valence-electron chi connectivity index (χ1n) is 35.5. The molecule has 0 aromatic heterocycles. The van der Waals surface area contributed by atoms with Gasteiger partial charge >= 0.3 is 18.0 Å². The Labute approximate surface area is 616 Å². The van der Waals surface area contributed by atoms with Crippen LogP contribution < -0.4 is 42.1 Å². The van der Waals surface area contributed by atoms with Gasteiger partial charge in [-0.05, 0) is 74.9 Å². The van der Waals surface area contributed by atoms with Crippen LogP contribution in [0, 0.1) is 11.6 Å². The maximum Gasteiger partial charge on any atom is 0.342 e. The number of benzene rings is 2. The van der Waals surface area contributed by atoms with Gasteiger partial charge in [0.05, 0.1) is 152 Å². The average Bonchev–Trinajstić information content (AvgIpc) is 1.67. The van der Waals surface area contributed by atoms with Gasteiger partial charge in [0.25, 0.3) is 23.6 Å². The van der Waals surface area contributed by atoms with Gasteiger partial charge in [-0.15, -0.1) is 0 Å². The van der Waals surface area contributed by atoms with E-state index in [1.807, 2.05) is 23.5 Å². The van der Waals surface area contributed by atoms with E-state index in [9.17, 15) is 66.3 Å². The van der Waals surface area contributed by atoms with Crippen LogP contribution in [0.5, 0.6) is 0 Å². The summed E-state index contributed by atoms with van der Waals surface area (Å²) in [6.45, 7) is 8.98. The number of ketones is 4. The minimum Gasteiger partial charge on any atom is -0.443 e. The first-order valence-corrected chi connectivity index (χ1v) is 37.6. The molecule has 6 atom stereocenters. The summed E-state index contributed by atoms with van der Waals surface area (Å²) in [6.07, 6.45) is 11.5. The number of nitrogens with two attached hydrogens (primary N) is 1. The van der Waals surface area contributed by atoms with Gasteiger partial charge in [-0.25, -0.2) is 33.0 Å². The van der Waals surface area contributed by atoms with Crippen LogP contribution in [0.3, 0.4) is 0 Å². The molecule has 1 aliphatic carbocycles. The van der Waals surface area contributed by atoms with Gasteiger partial charge < -0.3 is 79.7 Å². The van der Waals surface area contributed by atoms with E-state index < -0.39 is 70.2 Å². The highest BCUT2D eigenvalue weighted by atomic mass is 32.2. The Morgan fingerprint density at radius 3 is 1.31 bits per heavy atom. The molecule has 5 fully saturated rings. The lowest BCUT2D eigenvalue weighted by molar-refractivity contribution is -0.133. The maximum atomic E-state index is 14.2. The van der Waals surface area contributed by atoms with E-state index in [1.165, 1.54) is 12.1 Å². The van der Waals surface area contributed by atoms with Crippen molar-refractivity contribution < 1.29 is 114 Å². The molecule has 6 heterocycles. The van der Waals surface area contributed by atoms with Crippen LogP contribution in [0.2, 0.25) is 0 Å². The Bertz CT molecular complexity index is 3270. The molecule has 2 aromatic rings. The molecule has 0 spiro atoms. The van der Waals surface area contributed by atoms with Gasteiger partial charge in [-0.3, -0.25) is 43.2 Å². The molecule has 2 aromatic carbocycles. The quantitative estimate of drug-likeness (QED) is 0.0136. The Balaban J connectivity index is 0.000000257. The molecule has 0 bridgehead atoms. The molecule has 0 radical (unpaired) electrons. The highest BCUT2D eigenvalue weighted by Gasteiger charge is 2.44. The van der Waals surface area contributed by atoms with E-state index in [0.717, 1.165) is 115 Å². The molecule has 7 aliphatic rings. The number of carbonyl (C=O) groups excluding carboxylic acids is 12. The summed E-state index contributed by atoms with van der Waals surface area (Å²) in [5.41, 5.74) is 4.69. The summed E-state index contributed by atoms with van der Waals surface area (Å²) in [4.78, 5) is 143. The lowest BCUT2D eigenvalue weighted by Gasteiger charge is -2.16. The smallest absolute Gasteiger partial charge is 0.342 e. The Hall–Kier alpha value is -7.48. The number of hydrogen-bond acceptors (Lipinski definition) is 25. The number of hydrogen-bond donors (Lipinski definition) is 6. The topological polar surface area (TPSA) is 390 Å². The van der Waals surface area contributed by atoms with Crippen molar-refractivity contribution in [1.29, 1.82) is 0 Å². The van der Waals surface area contributed by atoms with Crippen LogP contribution >= 0.6 is 23.5 Å². The molecular weight excluding hydrogens is 1420 g/mol. The summed E-state index contributed by atoms with van der Waals surface area (Å²) in [5.74, 6) is -4.49. The monoisotopic (exact) mass is 1510 g/mol. The predicted molar refractivity (Wildman–Crippen MR) is 380 cm³/mol. The average molecular weight is 1520 g/mol. The molecular formula is C71H96F2N8O22S2. The number of halogens is 2. The molecule has 578 valence electrons. The van der Waals surface area contributed by atoms with Crippen molar-refractivity contribution >= 4 is 106 Å². The third kappa shape index (κ3) is 29.3. The van der Waals surface area contributed by atoms with E-state index in [-0.39, 0.29) is 78.3 Å². The Morgan fingerprint density at radius 1 is 0.467 bits per heavy atom. The number of carbonyl (C=O) groups is 12. The summed E-state index contributed by atoms with van der Waals surface area (Å²) < 4.78 is 81.9. The number of amides is 9. The van der Waals surface area contributed by atoms with Crippen molar-refractivity contribution in [2.75, 3.05) is 153 Å². The molecule has 7 N–H and O–H groups in total. The fourth-order valence-corrected chi connectivity index (χ4v) is 14.8. The molecule has 1 saturated carbocycles. The summed E-state index contributed by atoms with van der Waals surface area (Å²) >= 11 is 3.82. The SMILES string of the molecule is NCCOCCOCCCC(=O)CCCCC1SCC2NC(=O)NC21.O=C(CCCCC1SCC2NC(=O)NC21)NCCOCCOCCOCCOCCOCCOCCOCCCC(=O)c1cc(N2C(=O)C=CC2=O)ccc1F.O=C(OC1C(=O)CCC1=O)c1cc(N2C(=O)C=CC2=O)ccc1F. The first kappa shape index (κ1) is 84.8. The lowest BCUT2D eigenvalue weighted by atomic mass is 10.0. The van der Waals surface area contributed by atoms with Crippen LogP contribution in [-0.2, 0) is 85.7 Å². The Morgan fingerprint density at radius 2 is 0.857 bits per heavy atom. The van der Waals surface area contributed by atoms with Crippen LogP contribution in [0.4, 0.5) is 29.7 Å². The third-order valence-corrected chi connectivity index (χ3v) is 20.1. The fraction of sp³-hybridized carbons (Fsp3) is 0.606. The number of unbranched alkanes of at least 4 members (excludes halogenated alkanes) is 2. The zero-order valence-corrected chi connectivity index (χ0v) is 60.4. The number of nitrogens with zero attached hydrogens (tertiary/aromatic N) is 2. The van der Waals surface area contributed by atoms with E-state index in [0.29, 0.717) is 174 Å². The minimum absolute atomic E-state index is 0.0209. The summed E-state index contributed by atoms with van der Waals surface area (Å²) in [6, 6.07) is 7.46. The number of thioether (sulfide) groups is 2. The van der Waals surface area contributed by atoms with Gasteiger partial charge in [0.2, 0.25) is 12.0 Å². The van der Waals surface area contributed by atoms with E-state index in [2.05, 4.69) is 26.6 Å². The van der Waals surface area contributed by atoms with Crippen LogP contribution in [-0.4, -0.2) is 255 Å². The van der Waals surface area contributed by atoms with Crippen LogP contribution in [0.15, 0.2) is 60.7 Å². The number of fused-ring (bicyclic) bond motifs is 2. The van der Waals surface area contributed by atoms with Crippen molar-refractivity contribution in [3.05, 3.63) is 83.5 Å². The number of imide groups is 2. The highest BCUT2D eigenvalue weighted by Crippen LogP contribution is 2.35. The van der Waals surface area contributed by atoms with Gasteiger partial charge in [0.15, 0.2) is 17.3 Å². The molecule has 9 amide bonds. The van der Waals surface area contributed by atoms with Crippen LogP contribution in [0.1, 0.15) is 111 Å². The van der Waals surface area contributed by atoms with Gasteiger partial charge in [0, 0.05) is 111 Å². The molecule has 105 heavy (non-hydrogen) atoms. The largest absolute Gasteiger partial charge is 0.443 e. The third-order valence-electron chi connectivity index (χ3n) is 17.1. The minimum atomic E-state index is -1.53. The van der Waals surface area contributed by atoms with Crippen molar-refractivity contribution in [1.82, 2.24) is 26.6 Å². The number of urea groups is 2. The second-order valence-corrected chi connectivity index (χ2v) is 27.3. The number of Topliss-reactive ketones (excluding diaryl/α,β-unsaturated/α-hetero) is 4. The first-order chi connectivity index (χ1) is 50.9. The molecule has 30 nitrogen and oxygen atoms in total. The zero-order valence-electron chi connectivity index (χ0n) is 58.8. The molecule has 4 saturated heterocycles. The number of anilines is 2. The standard InChI is InChI=1S/C38H55FN4O12S.C17H31N3O4S.C16H10FNO6/c39-30-8-7-28(43-35(46)9-10-36(43)47)26-29(30)32(44)4-3-12-49-14-16-51-18-20-53-22-24-55-25-23-54-21-19-52-17-15-50-13-11-40-34(45)6-2-1-5-33-37-31(27-56-33)41-38(48)42-37;18-7-9-24-11-10-23-8-3-5-13(21)4-1-2-6-15-16-14(12-25-15)19-17(22)20-16;17-10-2-1-8(18-13(21)5-6-14(18)22)7-9(10)16(23)24-15-11(19)3-4-12(15)20/h7-10,26,31,33,37H,1-6,11-25,27H2,(H,40,45)(H2,41,42,48);14-16H,1-12,18H2,(H2,19,20,22);1-2,5-7,15H,3-4H2. The number of esters is 1. The van der Waals surface area contributed by atoms with Gasteiger partial charge in [-0.1, -0.05) is 12.8 Å². The van der Waals surface area contributed by atoms with Crippen molar-refractivity contribution in [2.24, 2.45) is 5.73 Å². The van der Waals surface area contributed by atoms with Crippen molar-refractivity contribution in [3.8, 4) is 0 Å². The van der Waals surface area contributed by atoms with Crippen molar-refractivity contribution in [2.45, 2.75) is 131 Å². The van der Waals surface area contributed by atoms with E-state index >= 15 is 0 Å². The molecule has 6 unspecified atom stereocenters. The number of rotatable bonds is 49. The van der Waals surface area contributed by atoms with E-state index in [4.69, 9.17) is 53.1 Å². The molecule has 6 aliphatic heterocycles. The highest BCUT2D eigenvalue weighted by molar-refractivity contribution is 8.00. The molecule has 34 heteroatoms. The van der Waals surface area contributed by atoms with Crippen molar-refractivity contribution in [3.63, 3.8) is 0 Å². The second kappa shape index (κ2) is 47.3. The van der Waals surface area contributed by atoms with Gasteiger partial charge in [-0.2, -0.15) is 23.5 Å². The maximum absolute atomic E-state index is 14.2. The number of ether oxygens (including phenoxy) is 10. The second-order valence-electron chi connectivity index (χ2n) is 24.8. The predicted octanol–water partition coefficient (Wildman–Crippen LogP) is 3.94. The fourth-order valence-electron chi connectivity index (χ4n) is 11.7. The van der Waals surface area contributed by atoms with E-state index in [1.54, 1.807) is 0 Å². The Kier molecular flexibility index (Phi) is 38.2. The molecule has 9 rings (SSSR count). The summed E-state index contributed by atoms with van der Waals surface area (Å²) in [7, 11) is 0. The summed E-state index contributed by atoms with van der Waals surface area (Å²) in [5, 5.41) is 15.7. The zero-order chi connectivity index (χ0) is 75.1. The number of nitrogens with one attached hydrogen (secondary N) is 5. The van der Waals surface area contributed by atoms with Gasteiger partial charge in [0.1, 0.15) is 17.4 Å². The van der Waals surface area contributed by atoms with Crippen LogP contribution in [0.25, 0.3) is 0 Å². The normalized spacial score (nSPS) is 20.0.